The van der Waals surface area contributed by atoms with Crippen molar-refractivity contribution in [1.82, 2.24) is 15.2 Å². The lowest BCUT2D eigenvalue weighted by Crippen LogP contribution is -2.37. The number of nitrogens with one attached hydrogen (secondary N) is 1. The number of amides is 2. The first kappa shape index (κ1) is 15.5. The summed E-state index contributed by atoms with van der Waals surface area (Å²) in [6.07, 6.45) is 4.12. The van der Waals surface area contributed by atoms with E-state index in [9.17, 15) is 9.59 Å². The Morgan fingerprint density at radius 3 is 2.57 bits per heavy atom. The first-order chi connectivity index (χ1) is 10.1. The van der Waals surface area contributed by atoms with Crippen LogP contribution in [0.25, 0.3) is 0 Å². The van der Waals surface area contributed by atoms with E-state index in [4.69, 9.17) is 0 Å². The van der Waals surface area contributed by atoms with Crippen molar-refractivity contribution in [3.05, 3.63) is 29.6 Å². The monoisotopic (exact) mass is 289 g/mol. The van der Waals surface area contributed by atoms with Crippen molar-refractivity contribution in [2.45, 2.75) is 45.6 Å². The topological polar surface area (TPSA) is 62.3 Å². The summed E-state index contributed by atoms with van der Waals surface area (Å²) in [5, 5.41) is 2.87. The summed E-state index contributed by atoms with van der Waals surface area (Å²) < 4.78 is 0. The Bertz CT molecular complexity index is 510. The van der Waals surface area contributed by atoms with E-state index in [1.807, 2.05) is 18.7 Å². The minimum absolute atomic E-state index is 0.0760. The molecule has 2 heterocycles. The van der Waals surface area contributed by atoms with E-state index >= 15 is 0 Å². The number of piperidine rings is 1. The lowest BCUT2D eigenvalue weighted by molar-refractivity contribution is 0.0718. The number of likely N-dealkylation sites (tertiary alicyclic amines) is 1. The Kier molecular flexibility index (Phi) is 5.31. The summed E-state index contributed by atoms with van der Waals surface area (Å²) >= 11 is 0. The van der Waals surface area contributed by atoms with Gasteiger partial charge in [0.1, 0.15) is 11.4 Å². The molecule has 1 saturated heterocycles. The van der Waals surface area contributed by atoms with E-state index in [2.05, 4.69) is 10.3 Å². The summed E-state index contributed by atoms with van der Waals surface area (Å²) in [6, 6.07) is 5.14. The average molecular weight is 289 g/mol. The van der Waals surface area contributed by atoms with E-state index in [-0.39, 0.29) is 17.9 Å². The fraction of sp³-hybridized carbons (Fsp3) is 0.562. The van der Waals surface area contributed by atoms with Gasteiger partial charge in [-0.25, -0.2) is 4.98 Å². The third-order valence-corrected chi connectivity index (χ3v) is 3.83. The molecule has 0 aromatic carbocycles. The first-order valence-electron chi connectivity index (χ1n) is 7.69. The molecule has 1 fully saturated rings. The van der Waals surface area contributed by atoms with Crippen LogP contribution in [0, 0.1) is 0 Å². The Balaban J connectivity index is 2.09. The quantitative estimate of drug-likeness (QED) is 0.924. The van der Waals surface area contributed by atoms with Crippen LogP contribution in [-0.2, 0) is 0 Å². The second-order valence-corrected chi connectivity index (χ2v) is 5.54. The lowest BCUT2D eigenvalue weighted by atomic mass is 10.1. The van der Waals surface area contributed by atoms with Crippen molar-refractivity contribution in [3.63, 3.8) is 0 Å². The third-order valence-electron chi connectivity index (χ3n) is 3.83. The molecule has 1 aliphatic heterocycles. The van der Waals surface area contributed by atoms with Gasteiger partial charge in [0, 0.05) is 19.1 Å². The summed E-state index contributed by atoms with van der Waals surface area (Å²) in [5.41, 5.74) is 0.659. The van der Waals surface area contributed by atoms with Crippen LogP contribution in [0.2, 0.25) is 0 Å². The Labute approximate surface area is 125 Å². The van der Waals surface area contributed by atoms with Crippen molar-refractivity contribution in [3.8, 4) is 0 Å². The highest BCUT2D eigenvalue weighted by Crippen LogP contribution is 2.12. The van der Waals surface area contributed by atoms with E-state index in [1.165, 1.54) is 6.42 Å². The Morgan fingerprint density at radius 1 is 1.24 bits per heavy atom. The van der Waals surface area contributed by atoms with Crippen molar-refractivity contribution >= 4 is 11.8 Å². The molecule has 1 aromatic heterocycles. The predicted octanol–water partition coefficient (Wildman–Crippen LogP) is 2.24. The maximum absolute atomic E-state index is 12.4. The normalized spacial score (nSPS) is 16.4. The lowest BCUT2D eigenvalue weighted by Gasteiger charge is -2.26. The largest absolute Gasteiger partial charge is 0.348 e. The number of nitrogens with zero attached hydrogens (tertiary/aromatic N) is 2. The molecule has 1 atom stereocenters. The van der Waals surface area contributed by atoms with Crippen LogP contribution >= 0.6 is 0 Å². The van der Waals surface area contributed by atoms with Gasteiger partial charge in [0.05, 0.1) is 0 Å². The van der Waals surface area contributed by atoms with Gasteiger partial charge in [-0.3, -0.25) is 9.59 Å². The molecule has 0 saturated carbocycles. The molecule has 1 unspecified atom stereocenters. The van der Waals surface area contributed by atoms with Gasteiger partial charge in [-0.1, -0.05) is 13.0 Å². The molecular weight excluding hydrogens is 266 g/mol. The zero-order chi connectivity index (χ0) is 15.2. The van der Waals surface area contributed by atoms with Crippen LogP contribution in [0.3, 0.4) is 0 Å². The fourth-order valence-electron chi connectivity index (χ4n) is 2.34. The summed E-state index contributed by atoms with van der Waals surface area (Å²) in [6.45, 7) is 5.52. The highest BCUT2D eigenvalue weighted by atomic mass is 16.2. The number of hydrogen-bond acceptors (Lipinski definition) is 3. The van der Waals surface area contributed by atoms with Crippen LogP contribution in [0.4, 0.5) is 0 Å². The Hall–Kier alpha value is -1.91. The molecule has 0 spiro atoms. The highest BCUT2D eigenvalue weighted by molar-refractivity contribution is 5.96. The van der Waals surface area contributed by atoms with E-state index in [0.717, 1.165) is 32.4 Å². The molecule has 114 valence electrons. The summed E-state index contributed by atoms with van der Waals surface area (Å²) in [7, 11) is 0. The maximum atomic E-state index is 12.4. The van der Waals surface area contributed by atoms with Gasteiger partial charge in [-0.05, 0) is 44.7 Å². The molecule has 1 aliphatic rings. The maximum Gasteiger partial charge on any atom is 0.272 e. The van der Waals surface area contributed by atoms with E-state index in [1.54, 1.807) is 18.2 Å². The van der Waals surface area contributed by atoms with Gasteiger partial charge in [0.2, 0.25) is 0 Å². The average Bonchev–Trinajstić information content (AvgIpc) is 2.55. The van der Waals surface area contributed by atoms with Gasteiger partial charge >= 0.3 is 0 Å². The van der Waals surface area contributed by atoms with E-state index in [0.29, 0.717) is 11.4 Å². The summed E-state index contributed by atoms with van der Waals surface area (Å²) in [5.74, 6) is -0.300. The number of carbonyl (C=O) groups excluding carboxylic acids is 2. The molecule has 0 aliphatic carbocycles. The molecule has 0 bridgehead atoms. The second-order valence-electron chi connectivity index (χ2n) is 5.54. The summed E-state index contributed by atoms with van der Waals surface area (Å²) in [4.78, 5) is 30.5. The van der Waals surface area contributed by atoms with E-state index < -0.39 is 0 Å². The van der Waals surface area contributed by atoms with Crippen molar-refractivity contribution in [2.24, 2.45) is 0 Å². The first-order valence-corrected chi connectivity index (χ1v) is 7.69. The van der Waals surface area contributed by atoms with Gasteiger partial charge in [-0.2, -0.15) is 0 Å². The van der Waals surface area contributed by atoms with Gasteiger partial charge < -0.3 is 10.2 Å². The van der Waals surface area contributed by atoms with Crippen molar-refractivity contribution < 1.29 is 9.59 Å². The fourth-order valence-corrected chi connectivity index (χ4v) is 2.34. The predicted molar refractivity (Wildman–Crippen MR) is 81.2 cm³/mol. The molecular formula is C16H23N3O2. The molecule has 1 aromatic rings. The molecule has 1 N–H and O–H groups in total. The van der Waals surface area contributed by atoms with Crippen LogP contribution in [0.5, 0.6) is 0 Å². The molecule has 21 heavy (non-hydrogen) atoms. The standard InChI is InChI=1S/C16H23N3O2/c1-3-12(2)17-15(20)13-8-7-9-14(18-13)16(21)19-10-5-4-6-11-19/h7-9,12H,3-6,10-11H2,1-2H3,(H,17,20). The van der Waals surface area contributed by atoms with Crippen LogP contribution < -0.4 is 5.32 Å². The van der Waals surface area contributed by atoms with Crippen LogP contribution in [0.15, 0.2) is 18.2 Å². The van der Waals surface area contributed by atoms with Crippen molar-refractivity contribution in [1.29, 1.82) is 0 Å². The third kappa shape index (κ3) is 4.03. The number of carbonyl (C=O) groups is 2. The molecule has 2 rings (SSSR count). The minimum Gasteiger partial charge on any atom is -0.348 e. The molecule has 2 amide bonds. The smallest absolute Gasteiger partial charge is 0.272 e. The van der Waals surface area contributed by atoms with Gasteiger partial charge in [0.25, 0.3) is 11.8 Å². The van der Waals surface area contributed by atoms with Gasteiger partial charge in [-0.15, -0.1) is 0 Å². The number of rotatable bonds is 4. The zero-order valence-corrected chi connectivity index (χ0v) is 12.8. The van der Waals surface area contributed by atoms with Crippen molar-refractivity contribution in [2.75, 3.05) is 13.1 Å². The zero-order valence-electron chi connectivity index (χ0n) is 12.8. The second kappa shape index (κ2) is 7.20. The van der Waals surface area contributed by atoms with Gasteiger partial charge in [0.15, 0.2) is 0 Å². The number of hydrogen-bond donors (Lipinski definition) is 1. The number of pyridine rings is 1. The Morgan fingerprint density at radius 2 is 1.90 bits per heavy atom. The molecule has 5 heteroatoms. The minimum atomic E-state index is -0.224. The number of aromatic nitrogens is 1. The highest BCUT2D eigenvalue weighted by Gasteiger charge is 2.20. The molecule has 0 radical (unpaired) electrons. The SMILES string of the molecule is CCC(C)NC(=O)c1cccc(C(=O)N2CCCCC2)n1. The molecule has 5 nitrogen and oxygen atoms in total. The van der Waals surface area contributed by atoms with Crippen LogP contribution in [-0.4, -0.2) is 40.8 Å². The van der Waals surface area contributed by atoms with Crippen LogP contribution in [0.1, 0.15) is 60.5 Å².